The van der Waals surface area contributed by atoms with Gasteiger partial charge in [-0.2, -0.15) is 0 Å². The topological polar surface area (TPSA) is 41.6 Å². The maximum absolute atomic E-state index is 12.8. The first-order valence-electron chi connectivity index (χ1n) is 8.90. The summed E-state index contributed by atoms with van der Waals surface area (Å²) in [6, 6.07) is 16.2. The summed E-state index contributed by atoms with van der Waals surface area (Å²) in [4.78, 5) is 14.9. The van der Waals surface area contributed by atoms with Gasteiger partial charge in [0.15, 0.2) is 0 Å². The maximum atomic E-state index is 12.8. The summed E-state index contributed by atoms with van der Waals surface area (Å²) in [7, 11) is 5.70. The summed E-state index contributed by atoms with van der Waals surface area (Å²) in [5, 5.41) is 3.12. The third-order valence-electron chi connectivity index (χ3n) is 5.06. The van der Waals surface area contributed by atoms with Crippen LogP contribution in [0.4, 0.5) is 0 Å². The van der Waals surface area contributed by atoms with Crippen molar-refractivity contribution in [2.24, 2.45) is 0 Å². The third-order valence-corrected chi connectivity index (χ3v) is 5.06. The lowest BCUT2D eigenvalue weighted by Gasteiger charge is -2.26. The lowest BCUT2D eigenvalue weighted by atomic mass is 9.97. The molecule has 1 amide bonds. The molecule has 4 heteroatoms. The van der Waals surface area contributed by atoms with E-state index in [9.17, 15) is 4.79 Å². The number of fused-ring (bicyclic) bond motifs is 1. The molecule has 0 saturated heterocycles. The molecule has 0 spiro atoms. The molecule has 2 aromatic rings. The van der Waals surface area contributed by atoms with Gasteiger partial charge in [0.25, 0.3) is 0 Å². The molecule has 0 saturated carbocycles. The second-order valence-corrected chi connectivity index (χ2v) is 6.92. The second-order valence-electron chi connectivity index (χ2n) is 6.92. The monoisotopic (exact) mass is 350 g/mol. The van der Waals surface area contributed by atoms with Crippen molar-refractivity contribution in [3.8, 4) is 5.75 Å². The van der Waals surface area contributed by atoms with Crippen molar-refractivity contribution >= 4 is 12.0 Å². The van der Waals surface area contributed by atoms with Crippen LogP contribution < -0.4 is 10.1 Å². The Bertz CT molecular complexity index is 826. The number of benzene rings is 2. The zero-order valence-corrected chi connectivity index (χ0v) is 15.8. The van der Waals surface area contributed by atoms with Crippen molar-refractivity contribution in [1.82, 2.24) is 10.2 Å². The predicted octanol–water partition coefficient (Wildman–Crippen LogP) is 3.61. The first-order chi connectivity index (χ1) is 12.5. The number of rotatable bonds is 6. The van der Waals surface area contributed by atoms with Crippen LogP contribution in [0.25, 0.3) is 6.08 Å². The fraction of sp³-hybridized carbons (Fsp3) is 0.318. The number of carbonyl (C=O) groups is 1. The molecular formula is C22H26N2O2. The van der Waals surface area contributed by atoms with Crippen LogP contribution >= 0.6 is 0 Å². The van der Waals surface area contributed by atoms with E-state index in [1.807, 2.05) is 50.5 Å². The van der Waals surface area contributed by atoms with Crippen LogP contribution in [0, 0.1) is 0 Å². The van der Waals surface area contributed by atoms with Gasteiger partial charge in [-0.3, -0.25) is 4.79 Å². The van der Waals surface area contributed by atoms with Crippen molar-refractivity contribution < 1.29 is 9.53 Å². The quantitative estimate of drug-likeness (QED) is 0.865. The normalized spacial score (nSPS) is 16.8. The number of methoxy groups -OCH3 is 1. The lowest BCUT2D eigenvalue weighted by Crippen LogP contribution is -2.35. The number of hydrogen-bond acceptors (Lipinski definition) is 3. The van der Waals surface area contributed by atoms with Gasteiger partial charge in [0.2, 0.25) is 5.91 Å². The molecule has 2 atom stereocenters. The summed E-state index contributed by atoms with van der Waals surface area (Å²) in [5.41, 5.74) is 4.30. The predicted molar refractivity (Wildman–Crippen MR) is 105 cm³/mol. The molecule has 26 heavy (non-hydrogen) atoms. The minimum Gasteiger partial charge on any atom is -0.497 e. The van der Waals surface area contributed by atoms with E-state index in [0.29, 0.717) is 6.54 Å². The van der Waals surface area contributed by atoms with E-state index >= 15 is 0 Å². The highest BCUT2D eigenvalue weighted by atomic mass is 16.5. The Morgan fingerprint density at radius 3 is 2.65 bits per heavy atom. The van der Waals surface area contributed by atoms with Crippen molar-refractivity contribution in [1.29, 1.82) is 0 Å². The molecule has 1 aliphatic carbocycles. The molecule has 0 unspecified atom stereocenters. The average molecular weight is 350 g/mol. The molecule has 0 heterocycles. The molecular weight excluding hydrogens is 324 g/mol. The van der Waals surface area contributed by atoms with Crippen molar-refractivity contribution in [3.05, 3.63) is 70.8 Å². The standard InChI is InChI=1S/C22H26N2O2/c1-15-19-11-6-5-8-16(19)13-20(15)22(25)23-14-21(24(2)3)17-9-7-10-18(12-17)26-4/h5-13,15,21H,14H2,1-4H3,(H,23,25)/t15-,21-/m1/s1. The van der Waals surface area contributed by atoms with E-state index in [2.05, 4.69) is 35.3 Å². The minimum atomic E-state index is 0.00319. The third kappa shape index (κ3) is 3.65. The zero-order valence-electron chi connectivity index (χ0n) is 15.8. The zero-order chi connectivity index (χ0) is 18.7. The average Bonchev–Trinajstić information content (AvgIpc) is 2.99. The highest BCUT2D eigenvalue weighted by Gasteiger charge is 2.26. The van der Waals surface area contributed by atoms with Crippen LogP contribution in [0.15, 0.2) is 54.1 Å². The van der Waals surface area contributed by atoms with Crippen LogP contribution in [0.5, 0.6) is 5.75 Å². The molecule has 0 radical (unpaired) electrons. The first kappa shape index (κ1) is 18.2. The van der Waals surface area contributed by atoms with Crippen LogP contribution in [-0.4, -0.2) is 38.6 Å². The molecule has 3 rings (SSSR count). The Morgan fingerprint density at radius 1 is 1.19 bits per heavy atom. The summed E-state index contributed by atoms with van der Waals surface area (Å²) >= 11 is 0. The van der Waals surface area contributed by atoms with Gasteiger partial charge < -0.3 is 15.0 Å². The van der Waals surface area contributed by atoms with Gasteiger partial charge in [-0.25, -0.2) is 0 Å². The van der Waals surface area contributed by atoms with Crippen LogP contribution in [0.3, 0.4) is 0 Å². The van der Waals surface area contributed by atoms with Crippen molar-refractivity contribution in [3.63, 3.8) is 0 Å². The lowest BCUT2D eigenvalue weighted by molar-refractivity contribution is -0.117. The number of likely N-dealkylation sites (N-methyl/N-ethyl adjacent to an activating group) is 1. The highest BCUT2D eigenvalue weighted by Crippen LogP contribution is 2.35. The number of carbonyl (C=O) groups excluding carboxylic acids is 1. The Kier molecular flexibility index (Phi) is 5.43. The van der Waals surface area contributed by atoms with Crippen LogP contribution in [0.2, 0.25) is 0 Å². The van der Waals surface area contributed by atoms with Gasteiger partial charge in [0.1, 0.15) is 5.75 Å². The van der Waals surface area contributed by atoms with E-state index < -0.39 is 0 Å². The van der Waals surface area contributed by atoms with Gasteiger partial charge in [-0.1, -0.05) is 43.3 Å². The van der Waals surface area contributed by atoms with E-state index in [1.165, 1.54) is 5.56 Å². The second kappa shape index (κ2) is 7.75. The number of ether oxygens (including phenoxy) is 1. The van der Waals surface area contributed by atoms with E-state index in [1.54, 1.807) is 7.11 Å². The Balaban J connectivity index is 1.71. The van der Waals surface area contributed by atoms with Gasteiger partial charge in [-0.05, 0) is 49.0 Å². The van der Waals surface area contributed by atoms with Gasteiger partial charge in [-0.15, -0.1) is 0 Å². The van der Waals surface area contributed by atoms with Crippen LogP contribution in [-0.2, 0) is 4.79 Å². The number of hydrogen-bond donors (Lipinski definition) is 1. The Labute approximate surface area is 155 Å². The molecule has 0 aliphatic heterocycles. The summed E-state index contributed by atoms with van der Waals surface area (Å²) in [5.74, 6) is 0.951. The molecule has 0 bridgehead atoms. The van der Waals surface area contributed by atoms with Crippen molar-refractivity contribution in [2.75, 3.05) is 27.7 Å². The number of nitrogens with one attached hydrogen (secondary N) is 1. The van der Waals surface area contributed by atoms with E-state index in [0.717, 1.165) is 22.4 Å². The first-order valence-corrected chi connectivity index (χ1v) is 8.90. The molecule has 136 valence electrons. The van der Waals surface area contributed by atoms with Gasteiger partial charge in [0.05, 0.1) is 13.2 Å². The van der Waals surface area contributed by atoms with Gasteiger partial charge >= 0.3 is 0 Å². The molecule has 4 nitrogen and oxygen atoms in total. The minimum absolute atomic E-state index is 0.00319. The largest absolute Gasteiger partial charge is 0.497 e. The molecule has 0 aromatic heterocycles. The molecule has 0 fully saturated rings. The molecule has 2 aromatic carbocycles. The Hall–Kier alpha value is -2.59. The fourth-order valence-corrected chi connectivity index (χ4v) is 3.50. The summed E-state index contributed by atoms with van der Waals surface area (Å²) in [6.07, 6.45) is 2.01. The summed E-state index contributed by atoms with van der Waals surface area (Å²) < 4.78 is 5.33. The van der Waals surface area contributed by atoms with E-state index in [4.69, 9.17) is 4.74 Å². The Morgan fingerprint density at radius 2 is 1.96 bits per heavy atom. The van der Waals surface area contributed by atoms with E-state index in [-0.39, 0.29) is 17.9 Å². The maximum Gasteiger partial charge on any atom is 0.247 e. The number of nitrogens with zero attached hydrogens (tertiary/aromatic N) is 1. The summed E-state index contributed by atoms with van der Waals surface area (Å²) in [6.45, 7) is 2.63. The highest BCUT2D eigenvalue weighted by molar-refractivity contribution is 6.01. The molecule has 1 N–H and O–H groups in total. The van der Waals surface area contributed by atoms with Crippen LogP contribution in [0.1, 0.15) is 35.6 Å². The smallest absolute Gasteiger partial charge is 0.247 e. The van der Waals surface area contributed by atoms with Crippen molar-refractivity contribution in [2.45, 2.75) is 18.9 Å². The SMILES string of the molecule is COc1cccc([C@@H](CNC(=O)C2=Cc3ccccc3[C@H]2C)N(C)C)c1. The molecule has 1 aliphatic rings. The van der Waals surface area contributed by atoms with Gasteiger partial charge in [0, 0.05) is 18.0 Å². The fourth-order valence-electron chi connectivity index (χ4n) is 3.50. The number of amides is 1.